The van der Waals surface area contributed by atoms with Crippen molar-refractivity contribution in [3.63, 3.8) is 0 Å². The first-order chi connectivity index (χ1) is 8.63. The Balaban J connectivity index is 2.95. The summed E-state index contributed by atoms with van der Waals surface area (Å²) in [7, 11) is 0. The van der Waals surface area contributed by atoms with E-state index in [1.807, 2.05) is 0 Å². The lowest BCUT2D eigenvalue weighted by molar-refractivity contribution is -0.0210. The molecule has 0 heterocycles. The average Bonchev–Trinajstić information content (AvgIpc) is 2.29. The van der Waals surface area contributed by atoms with Crippen molar-refractivity contribution in [1.29, 1.82) is 0 Å². The average molecular weight is 266 g/mol. The molecule has 0 aromatic carbocycles. The predicted molar refractivity (Wildman–Crippen MR) is 66.6 cm³/mol. The van der Waals surface area contributed by atoms with Gasteiger partial charge in [-0.2, -0.15) is 0 Å². The quantitative estimate of drug-likeness (QED) is 0.450. The maximum atomic E-state index is 8.92. The molecule has 0 aliphatic rings. The third-order valence-electron chi connectivity index (χ3n) is 1.83. The number of aliphatic hydroxyl groups excluding tert-OH is 2. The van der Waals surface area contributed by atoms with Crippen molar-refractivity contribution >= 4 is 0 Å². The summed E-state index contributed by atoms with van der Waals surface area (Å²) in [5, 5.41) is 17.8. The van der Waals surface area contributed by atoms with E-state index in [2.05, 4.69) is 0 Å². The molecule has 0 saturated carbocycles. The number of ether oxygens (including phenoxy) is 4. The number of hydrogen-bond acceptors (Lipinski definition) is 6. The van der Waals surface area contributed by atoms with Crippen molar-refractivity contribution in [3.8, 4) is 0 Å². The Kier molecular flexibility index (Phi) is 13.0. The van der Waals surface area contributed by atoms with E-state index in [0.29, 0.717) is 52.9 Å². The first-order valence-electron chi connectivity index (χ1n) is 6.30. The van der Waals surface area contributed by atoms with Gasteiger partial charge in [-0.3, -0.25) is 0 Å². The van der Waals surface area contributed by atoms with Crippen LogP contribution < -0.4 is 0 Å². The van der Waals surface area contributed by atoms with Crippen molar-refractivity contribution in [1.82, 2.24) is 0 Å². The summed E-state index contributed by atoms with van der Waals surface area (Å²) >= 11 is 0. The van der Waals surface area contributed by atoms with Gasteiger partial charge in [-0.25, -0.2) is 0 Å². The molecule has 6 heteroatoms. The largest absolute Gasteiger partial charge is 0.391 e. The minimum absolute atomic E-state index is 0.334. The van der Waals surface area contributed by atoms with Crippen LogP contribution >= 0.6 is 0 Å². The molecule has 0 rings (SSSR count). The van der Waals surface area contributed by atoms with Gasteiger partial charge in [-0.15, -0.1) is 0 Å². The molecule has 0 fully saturated rings. The molecule has 18 heavy (non-hydrogen) atoms. The third-order valence-corrected chi connectivity index (χ3v) is 1.83. The third kappa shape index (κ3) is 15.8. The Morgan fingerprint density at radius 2 is 0.889 bits per heavy atom. The van der Waals surface area contributed by atoms with Crippen molar-refractivity contribution in [2.24, 2.45) is 0 Å². The van der Waals surface area contributed by atoms with Gasteiger partial charge in [0.1, 0.15) is 0 Å². The van der Waals surface area contributed by atoms with E-state index in [1.54, 1.807) is 13.8 Å². The second kappa shape index (κ2) is 13.2. The second-order valence-electron chi connectivity index (χ2n) is 4.07. The van der Waals surface area contributed by atoms with Crippen LogP contribution in [0.3, 0.4) is 0 Å². The molecule has 0 saturated heterocycles. The zero-order valence-electron chi connectivity index (χ0n) is 11.3. The summed E-state index contributed by atoms with van der Waals surface area (Å²) in [6.45, 7) is 6.97. The van der Waals surface area contributed by atoms with Crippen LogP contribution in [0.4, 0.5) is 0 Å². The molecule has 2 N–H and O–H groups in total. The highest BCUT2D eigenvalue weighted by atomic mass is 16.6. The van der Waals surface area contributed by atoms with Gasteiger partial charge in [-0.05, 0) is 13.8 Å². The number of hydrogen-bond donors (Lipinski definition) is 2. The molecule has 0 aromatic heterocycles. The minimum Gasteiger partial charge on any atom is -0.391 e. The van der Waals surface area contributed by atoms with Crippen molar-refractivity contribution in [2.75, 3.05) is 52.9 Å². The Hall–Kier alpha value is -0.240. The van der Waals surface area contributed by atoms with Crippen LogP contribution in [0.25, 0.3) is 0 Å². The molecular formula is C12H26O6. The summed E-state index contributed by atoms with van der Waals surface area (Å²) in [5.41, 5.74) is 0. The summed E-state index contributed by atoms with van der Waals surface area (Å²) in [5.74, 6) is 0. The maximum absolute atomic E-state index is 8.92. The second-order valence-corrected chi connectivity index (χ2v) is 4.07. The van der Waals surface area contributed by atoms with Gasteiger partial charge < -0.3 is 29.2 Å². The van der Waals surface area contributed by atoms with Crippen LogP contribution in [-0.2, 0) is 18.9 Å². The fourth-order valence-electron chi connectivity index (χ4n) is 1.07. The zero-order valence-corrected chi connectivity index (χ0v) is 11.3. The molecule has 6 nitrogen and oxygen atoms in total. The van der Waals surface area contributed by atoms with Gasteiger partial charge in [0.15, 0.2) is 0 Å². The highest BCUT2D eigenvalue weighted by Crippen LogP contribution is 1.86. The van der Waals surface area contributed by atoms with E-state index in [-0.39, 0.29) is 0 Å². The van der Waals surface area contributed by atoms with Crippen LogP contribution in [0.2, 0.25) is 0 Å². The normalized spacial score (nSPS) is 14.7. The Morgan fingerprint density at radius 3 is 1.17 bits per heavy atom. The predicted octanol–water partition coefficient (Wildman–Crippen LogP) is -0.186. The van der Waals surface area contributed by atoms with E-state index < -0.39 is 12.2 Å². The molecule has 0 aromatic rings. The molecule has 0 aliphatic carbocycles. The summed E-state index contributed by atoms with van der Waals surface area (Å²) < 4.78 is 20.7. The lowest BCUT2D eigenvalue weighted by Crippen LogP contribution is -2.16. The van der Waals surface area contributed by atoms with Crippen LogP contribution in [0, 0.1) is 0 Å². The van der Waals surface area contributed by atoms with Gasteiger partial charge in [0.25, 0.3) is 0 Å². The standard InChI is InChI=1S/C12H26O6/c1-11(13)9-17-7-5-15-3-4-16-6-8-18-10-12(2)14/h11-14H,3-10H2,1-2H3/t11-,12+. The van der Waals surface area contributed by atoms with Crippen LogP contribution in [0.15, 0.2) is 0 Å². The highest BCUT2D eigenvalue weighted by molar-refractivity contribution is 4.42. The summed E-state index contributed by atoms with van der Waals surface area (Å²) in [6.07, 6.45) is -0.870. The molecule has 0 aliphatic heterocycles. The van der Waals surface area contributed by atoms with E-state index in [9.17, 15) is 0 Å². The fraction of sp³-hybridized carbons (Fsp3) is 1.00. The Labute approximate surface area is 109 Å². The van der Waals surface area contributed by atoms with Crippen LogP contribution in [-0.4, -0.2) is 75.3 Å². The van der Waals surface area contributed by atoms with Crippen molar-refractivity contribution < 1.29 is 29.2 Å². The van der Waals surface area contributed by atoms with Gasteiger partial charge >= 0.3 is 0 Å². The first-order valence-corrected chi connectivity index (χ1v) is 6.30. The van der Waals surface area contributed by atoms with Gasteiger partial charge in [-0.1, -0.05) is 0 Å². The summed E-state index contributed by atoms with van der Waals surface area (Å²) in [4.78, 5) is 0. The smallest absolute Gasteiger partial charge is 0.0745 e. The molecule has 0 unspecified atom stereocenters. The minimum atomic E-state index is -0.435. The molecule has 0 amide bonds. The van der Waals surface area contributed by atoms with E-state index in [1.165, 1.54) is 0 Å². The lowest BCUT2D eigenvalue weighted by Gasteiger charge is -2.08. The van der Waals surface area contributed by atoms with Crippen LogP contribution in [0.1, 0.15) is 13.8 Å². The van der Waals surface area contributed by atoms with E-state index in [4.69, 9.17) is 29.2 Å². The van der Waals surface area contributed by atoms with Crippen LogP contribution in [0.5, 0.6) is 0 Å². The molecular weight excluding hydrogens is 240 g/mol. The van der Waals surface area contributed by atoms with Crippen molar-refractivity contribution in [3.05, 3.63) is 0 Å². The fourth-order valence-corrected chi connectivity index (χ4v) is 1.07. The Morgan fingerprint density at radius 1 is 0.611 bits per heavy atom. The number of aliphatic hydroxyl groups is 2. The number of rotatable bonds is 13. The molecule has 110 valence electrons. The SMILES string of the molecule is C[C@H](O)COCCOCCOCCOC[C@@H](C)O. The van der Waals surface area contributed by atoms with Gasteiger partial charge in [0, 0.05) is 0 Å². The monoisotopic (exact) mass is 266 g/mol. The first kappa shape index (κ1) is 17.8. The van der Waals surface area contributed by atoms with E-state index in [0.717, 1.165) is 0 Å². The van der Waals surface area contributed by atoms with Gasteiger partial charge in [0.05, 0.1) is 65.1 Å². The summed E-state index contributed by atoms with van der Waals surface area (Å²) in [6, 6.07) is 0. The molecule has 2 atom stereocenters. The Bertz CT molecular complexity index is 145. The highest BCUT2D eigenvalue weighted by Gasteiger charge is 1.96. The molecule has 0 radical (unpaired) electrons. The molecule has 0 bridgehead atoms. The van der Waals surface area contributed by atoms with E-state index >= 15 is 0 Å². The zero-order chi connectivity index (χ0) is 13.6. The van der Waals surface area contributed by atoms with Crippen molar-refractivity contribution in [2.45, 2.75) is 26.1 Å². The molecule has 0 spiro atoms. The maximum Gasteiger partial charge on any atom is 0.0745 e. The van der Waals surface area contributed by atoms with Gasteiger partial charge in [0.2, 0.25) is 0 Å². The topological polar surface area (TPSA) is 77.4 Å². The lowest BCUT2D eigenvalue weighted by atomic mass is 10.4.